The first-order valence-electron chi connectivity index (χ1n) is 4.10. The molecule has 0 spiro atoms. The van der Waals surface area contributed by atoms with E-state index in [0.717, 1.165) is 26.2 Å². The Morgan fingerprint density at radius 1 is 1.55 bits per heavy atom. The molecule has 0 amide bonds. The Kier molecular flexibility index (Phi) is 6.51. The van der Waals surface area contributed by atoms with E-state index in [4.69, 9.17) is 9.84 Å². The topological polar surface area (TPSA) is 32.7 Å². The van der Waals surface area contributed by atoms with E-state index < -0.39 is 0 Å². The maximum Gasteiger partial charge on any atom is 0.0639 e. The molecule has 1 N–H and O–H groups in total. The van der Waals surface area contributed by atoms with Crippen molar-refractivity contribution in [3.8, 4) is 0 Å². The van der Waals surface area contributed by atoms with Crippen LogP contribution in [0.4, 0.5) is 0 Å². The molecule has 0 aromatic carbocycles. The van der Waals surface area contributed by atoms with Crippen LogP contribution in [0.3, 0.4) is 0 Å². The number of hydrogen-bond donors (Lipinski definition) is 1. The molecule has 0 aromatic rings. The molecule has 68 valence electrons. The minimum atomic E-state index is -0.244. The summed E-state index contributed by atoms with van der Waals surface area (Å²) in [6, 6.07) is 0. The molecule has 0 rings (SSSR count). The van der Waals surface area contributed by atoms with E-state index in [1.165, 1.54) is 0 Å². The Hall–Kier alpha value is -0.120. The number of aliphatic hydroxyl groups excluding tert-OH is 1. The van der Waals surface area contributed by atoms with Crippen molar-refractivity contribution in [3.63, 3.8) is 0 Å². The van der Waals surface area contributed by atoms with Crippen LogP contribution in [0.25, 0.3) is 0 Å². The molecule has 0 unspecified atom stereocenters. The molecule has 0 heterocycles. The normalized spacial score (nSPS) is 13.9. The van der Waals surface area contributed by atoms with Crippen LogP contribution < -0.4 is 0 Å². The summed E-state index contributed by atoms with van der Waals surface area (Å²) >= 11 is 0. The lowest BCUT2D eigenvalue weighted by Crippen LogP contribution is -2.33. The van der Waals surface area contributed by atoms with Gasteiger partial charge in [-0.1, -0.05) is 6.92 Å². The van der Waals surface area contributed by atoms with Gasteiger partial charge in [-0.25, -0.2) is 0 Å². The van der Waals surface area contributed by atoms with Crippen LogP contribution in [-0.2, 0) is 4.74 Å². The Morgan fingerprint density at radius 2 is 2.18 bits per heavy atom. The van der Waals surface area contributed by atoms with Gasteiger partial charge in [0, 0.05) is 20.2 Å². The number of likely N-dealkylation sites (N-methyl/N-ethyl adjacent to an activating group) is 1. The van der Waals surface area contributed by atoms with E-state index >= 15 is 0 Å². The lowest BCUT2D eigenvalue weighted by molar-refractivity contribution is 0.101. The summed E-state index contributed by atoms with van der Waals surface area (Å²) < 4.78 is 4.93. The molecule has 3 heteroatoms. The molecule has 3 nitrogen and oxygen atoms in total. The van der Waals surface area contributed by atoms with Crippen molar-refractivity contribution in [2.45, 2.75) is 20.0 Å². The van der Waals surface area contributed by atoms with Gasteiger partial charge >= 0.3 is 0 Å². The zero-order valence-corrected chi connectivity index (χ0v) is 7.71. The first-order chi connectivity index (χ1) is 5.20. The highest BCUT2D eigenvalue weighted by Gasteiger charge is 2.04. The fourth-order valence-electron chi connectivity index (χ4n) is 0.973. The molecule has 0 aliphatic carbocycles. The average molecular weight is 161 g/mol. The maximum atomic E-state index is 9.07. The number of nitrogens with zero attached hydrogens (tertiary/aromatic N) is 1. The number of hydrogen-bond acceptors (Lipinski definition) is 3. The SMILES string of the molecule is CCN(CCOC)C[C@@H](C)O. The second-order valence-corrected chi connectivity index (χ2v) is 2.74. The molecule has 0 saturated carbocycles. The van der Waals surface area contributed by atoms with Gasteiger partial charge in [0.1, 0.15) is 0 Å². The standard InChI is InChI=1S/C8H19NO2/c1-4-9(5-6-11-3)7-8(2)10/h8,10H,4-7H2,1-3H3/t8-/m1/s1. The number of aliphatic hydroxyl groups is 1. The van der Waals surface area contributed by atoms with Gasteiger partial charge in [-0.3, -0.25) is 4.90 Å². The van der Waals surface area contributed by atoms with Crippen LogP contribution in [0.5, 0.6) is 0 Å². The van der Waals surface area contributed by atoms with Crippen LogP contribution in [0.15, 0.2) is 0 Å². The van der Waals surface area contributed by atoms with E-state index in [1.807, 2.05) is 0 Å². The molecule has 0 radical (unpaired) electrons. The fourth-order valence-corrected chi connectivity index (χ4v) is 0.973. The largest absolute Gasteiger partial charge is 0.392 e. The molecule has 0 aromatic heterocycles. The monoisotopic (exact) mass is 161 g/mol. The Balaban J connectivity index is 3.41. The molecule has 0 bridgehead atoms. The van der Waals surface area contributed by atoms with E-state index in [9.17, 15) is 0 Å². The van der Waals surface area contributed by atoms with E-state index in [0.29, 0.717) is 0 Å². The highest BCUT2D eigenvalue weighted by molar-refractivity contribution is 4.58. The molecular formula is C8H19NO2. The minimum absolute atomic E-state index is 0.244. The highest BCUT2D eigenvalue weighted by atomic mass is 16.5. The number of ether oxygens (including phenoxy) is 1. The number of methoxy groups -OCH3 is 1. The predicted octanol–water partition coefficient (Wildman–Crippen LogP) is 0.336. The van der Waals surface area contributed by atoms with Crippen molar-refractivity contribution in [2.24, 2.45) is 0 Å². The third-order valence-electron chi connectivity index (χ3n) is 1.58. The third kappa shape index (κ3) is 6.28. The summed E-state index contributed by atoms with van der Waals surface area (Å²) in [5.74, 6) is 0. The fraction of sp³-hybridized carbons (Fsp3) is 1.00. The second kappa shape index (κ2) is 6.58. The lowest BCUT2D eigenvalue weighted by Gasteiger charge is -2.20. The number of rotatable bonds is 6. The van der Waals surface area contributed by atoms with Crippen LogP contribution >= 0.6 is 0 Å². The third-order valence-corrected chi connectivity index (χ3v) is 1.58. The van der Waals surface area contributed by atoms with Crippen LogP contribution in [0, 0.1) is 0 Å². The molecule has 11 heavy (non-hydrogen) atoms. The zero-order chi connectivity index (χ0) is 8.69. The predicted molar refractivity (Wildman–Crippen MR) is 45.7 cm³/mol. The van der Waals surface area contributed by atoms with Crippen molar-refractivity contribution >= 4 is 0 Å². The molecule has 0 fully saturated rings. The summed E-state index contributed by atoms with van der Waals surface area (Å²) in [7, 11) is 1.69. The molecule has 0 aliphatic rings. The summed E-state index contributed by atoms with van der Waals surface area (Å²) in [5, 5.41) is 9.07. The Labute approximate surface area is 69.0 Å². The van der Waals surface area contributed by atoms with Gasteiger partial charge < -0.3 is 9.84 Å². The van der Waals surface area contributed by atoms with Crippen molar-refractivity contribution in [2.75, 3.05) is 33.4 Å². The summed E-state index contributed by atoms with van der Waals surface area (Å²) in [6.45, 7) is 7.22. The maximum absolute atomic E-state index is 9.07. The van der Waals surface area contributed by atoms with Gasteiger partial charge in [-0.05, 0) is 13.5 Å². The quantitative estimate of drug-likeness (QED) is 0.609. The average Bonchev–Trinajstić information content (AvgIpc) is 1.97. The van der Waals surface area contributed by atoms with Gasteiger partial charge in [0.15, 0.2) is 0 Å². The Morgan fingerprint density at radius 3 is 2.55 bits per heavy atom. The molecule has 0 aliphatic heterocycles. The van der Waals surface area contributed by atoms with Gasteiger partial charge in [-0.15, -0.1) is 0 Å². The van der Waals surface area contributed by atoms with Crippen molar-refractivity contribution in [1.82, 2.24) is 4.90 Å². The van der Waals surface area contributed by atoms with Gasteiger partial charge in [0.05, 0.1) is 12.7 Å². The van der Waals surface area contributed by atoms with E-state index in [2.05, 4.69) is 11.8 Å². The molecule has 0 saturated heterocycles. The van der Waals surface area contributed by atoms with Crippen LogP contribution in [0.2, 0.25) is 0 Å². The van der Waals surface area contributed by atoms with E-state index in [1.54, 1.807) is 14.0 Å². The second-order valence-electron chi connectivity index (χ2n) is 2.74. The highest BCUT2D eigenvalue weighted by Crippen LogP contribution is 1.90. The van der Waals surface area contributed by atoms with Gasteiger partial charge in [0.25, 0.3) is 0 Å². The van der Waals surface area contributed by atoms with Crippen LogP contribution in [-0.4, -0.2) is 49.5 Å². The van der Waals surface area contributed by atoms with Gasteiger partial charge in [0.2, 0.25) is 0 Å². The van der Waals surface area contributed by atoms with Crippen LogP contribution in [0.1, 0.15) is 13.8 Å². The molecular weight excluding hydrogens is 142 g/mol. The van der Waals surface area contributed by atoms with Gasteiger partial charge in [-0.2, -0.15) is 0 Å². The summed E-state index contributed by atoms with van der Waals surface area (Å²) in [5.41, 5.74) is 0. The van der Waals surface area contributed by atoms with E-state index in [-0.39, 0.29) is 6.10 Å². The summed E-state index contributed by atoms with van der Waals surface area (Å²) in [6.07, 6.45) is -0.244. The first kappa shape index (κ1) is 10.9. The molecule has 1 atom stereocenters. The first-order valence-corrected chi connectivity index (χ1v) is 4.10. The van der Waals surface area contributed by atoms with Crippen molar-refractivity contribution in [3.05, 3.63) is 0 Å². The minimum Gasteiger partial charge on any atom is -0.392 e. The van der Waals surface area contributed by atoms with Crippen molar-refractivity contribution < 1.29 is 9.84 Å². The zero-order valence-electron chi connectivity index (χ0n) is 7.71. The van der Waals surface area contributed by atoms with Crippen molar-refractivity contribution in [1.29, 1.82) is 0 Å². The Bertz CT molecular complexity index is 86.2. The smallest absolute Gasteiger partial charge is 0.0639 e. The summed E-state index contributed by atoms with van der Waals surface area (Å²) in [4.78, 5) is 2.16. The lowest BCUT2D eigenvalue weighted by atomic mass is 10.3.